The van der Waals surface area contributed by atoms with E-state index in [4.69, 9.17) is 9.88 Å². The van der Waals surface area contributed by atoms with E-state index in [2.05, 4.69) is 0 Å². The third-order valence-corrected chi connectivity index (χ3v) is 5.41. The Morgan fingerprint density at radius 2 is 1.89 bits per heavy atom. The Morgan fingerprint density at radius 3 is 2.52 bits per heavy atom. The molecule has 3 rings (SSSR count). The summed E-state index contributed by atoms with van der Waals surface area (Å²) < 4.78 is 68.5. The number of ether oxygens (including phenoxy) is 1. The summed E-state index contributed by atoms with van der Waals surface area (Å²) in [5.41, 5.74) is 1.13. The molecule has 0 atom stereocenters. The smallest absolute Gasteiger partial charge is 0.417 e. The van der Waals surface area contributed by atoms with Crippen LogP contribution in [0.15, 0.2) is 41.3 Å². The SMILES string of the molecule is CCOc1ccc2c(c1)CN(c1ccc(S(N)(=O)=O)c(C(F)(F)F)c1)CC2. The summed E-state index contributed by atoms with van der Waals surface area (Å²) in [7, 11) is -4.48. The van der Waals surface area contributed by atoms with Crippen molar-refractivity contribution >= 4 is 15.7 Å². The molecular weight excluding hydrogens is 381 g/mol. The van der Waals surface area contributed by atoms with Crippen LogP contribution >= 0.6 is 0 Å². The van der Waals surface area contributed by atoms with Crippen LogP contribution in [0.25, 0.3) is 0 Å². The van der Waals surface area contributed by atoms with E-state index in [0.717, 1.165) is 23.3 Å². The normalized spacial score (nSPS) is 14.8. The number of alkyl halides is 3. The molecule has 0 radical (unpaired) electrons. The molecular formula is C18H19F3N2O3S. The molecule has 0 unspecified atom stereocenters. The van der Waals surface area contributed by atoms with Crippen LogP contribution in [-0.4, -0.2) is 21.6 Å². The second-order valence-corrected chi connectivity index (χ2v) is 7.79. The lowest BCUT2D eigenvalue weighted by atomic mass is 9.98. The van der Waals surface area contributed by atoms with Gasteiger partial charge in [-0.1, -0.05) is 6.07 Å². The van der Waals surface area contributed by atoms with Gasteiger partial charge in [0.15, 0.2) is 0 Å². The summed E-state index contributed by atoms with van der Waals surface area (Å²) in [6.07, 6.45) is -4.16. The molecule has 0 amide bonds. The average Bonchev–Trinajstić information content (AvgIpc) is 2.59. The Morgan fingerprint density at radius 1 is 1.15 bits per heavy atom. The highest BCUT2D eigenvalue weighted by Crippen LogP contribution is 2.37. The minimum atomic E-state index is -4.83. The molecule has 0 spiro atoms. The summed E-state index contributed by atoms with van der Waals surface area (Å²) in [4.78, 5) is 0.857. The van der Waals surface area contributed by atoms with E-state index in [1.807, 2.05) is 25.1 Å². The summed E-state index contributed by atoms with van der Waals surface area (Å²) >= 11 is 0. The van der Waals surface area contributed by atoms with Crippen LogP contribution in [0.2, 0.25) is 0 Å². The monoisotopic (exact) mass is 400 g/mol. The number of rotatable bonds is 4. The molecule has 5 nitrogen and oxygen atoms in total. The molecule has 0 saturated carbocycles. The van der Waals surface area contributed by atoms with Gasteiger partial charge in [-0.2, -0.15) is 13.2 Å². The zero-order chi connectivity index (χ0) is 19.8. The topological polar surface area (TPSA) is 72.6 Å². The second-order valence-electron chi connectivity index (χ2n) is 6.26. The van der Waals surface area contributed by atoms with Crippen molar-refractivity contribution in [3.63, 3.8) is 0 Å². The fraction of sp³-hybridized carbons (Fsp3) is 0.333. The standard InChI is InChI=1S/C18H19F3N2O3S/c1-2-26-15-5-3-12-7-8-23(11-13(12)9-15)14-4-6-17(27(22,24)25)16(10-14)18(19,20)21/h3-6,9-10H,2,7-8,11H2,1H3,(H2,22,24,25). The molecule has 0 saturated heterocycles. The number of benzene rings is 2. The predicted molar refractivity (Wildman–Crippen MR) is 95.2 cm³/mol. The first-order chi connectivity index (χ1) is 12.6. The third kappa shape index (κ3) is 4.19. The maximum Gasteiger partial charge on any atom is 0.417 e. The number of nitrogens with two attached hydrogens (primary N) is 1. The van der Waals surface area contributed by atoms with Gasteiger partial charge < -0.3 is 9.64 Å². The van der Waals surface area contributed by atoms with Crippen molar-refractivity contribution in [1.29, 1.82) is 0 Å². The van der Waals surface area contributed by atoms with Crippen molar-refractivity contribution in [3.8, 4) is 5.75 Å². The Kier molecular flexibility index (Phi) is 5.09. The van der Waals surface area contributed by atoms with Crippen LogP contribution in [0.4, 0.5) is 18.9 Å². The number of primary sulfonamides is 1. The average molecular weight is 400 g/mol. The minimum absolute atomic E-state index is 0.294. The Labute approximate surface area is 155 Å². The van der Waals surface area contributed by atoms with Gasteiger partial charge in [0.2, 0.25) is 10.0 Å². The van der Waals surface area contributed by atoms with E-state index < -0.39 is 26.7 Å². The minimum Gasteiger partial charge on any atom is -0.494 e. The number of hydrogen-bond donors (Lipinski definition) is 1. The van der Waals surface area contributed by atoms with Gasteiger partial charge >= 0.3 is 6.18 Å². The molecule has 0 aliphatic carbocycles. The molecule has 2 aromatic rings. The van der Waals surface area contributed by atoms with Gasteiger partial charge in [0.1, 0.15) is 5.75 Å². The second kappa shape index (κ2) is 7.05. The van der Waals surface area contributed by atoms with Crippen LogP contribution in [0.5, 0.6) is 5.75 Å². The van der Waals surface area contributed by atoms with Crippen LogP contribution < -0.4 is 14.8 Å². The molecule has 0 bridgehead atoms. The van der Waals surface area contributed by atoms with Crippen molar-refractivity contribution in [2.24, 2.45) is 5.14 Å². The predicted octanol–water partition coefficient (Wildman–Crippen LogP) is 3.31. The van der Waals surface area contributed by atoms with Gasteiger partial charge in [-0.15, -0.1) is 0 Å². The van der Waals surface area contributed by atoms with Crippen LogP contribution in [0, 0.1) is 0 Å². The molecule has 2 N–H and O–H groups in total. The lowest BCUT2D eigenvalue weighted by Crippen LogP contribution is -2.31. The van der Waals surface area contributed by atoms with Gasteiger partial charge in [0, 0.05) is 18.8 Å². The molecule has 27 heavy (non-hydrogen) atoms. The lowest BCUT2D eigenvalue weighted by Gasteiger charge is -2.31. The maximum atomic E-state index is 13.3. The van der Waals surface area contributed by atoms with Gasteiger partial charge in [-0.25, -0.2) is 13.6 Å². The highest BCUT2D eigenvalue weighted by molar-refractivity contribution is 7.89. The fourth-order valence-corrected chi connectivity index (χ4v) is 3.93. The zero-order valence-corrected chi connectivity index (χ0v) is 15.4. The summed E-state index contributed by atoms with van der Waals surface area (Å²) in [6, 6.07) is 8.83. The molecule has 1 aliphatic rings. The lowest BCUT2D eigenvalue weighted by molar-refractivity contribution is -0.139. The van der Waals surface area contributed by atoms with Crippen molar-refractivity contribution in [2.75, 3.05) is 18.1 Å². The van der Waals surface area contributed by atoms with E-state index >= 15 is 0 Å². The number of fused-ring (bicyclic) bond motifs is 1. The molecule has 146 valence electrons. The number of sulfonamides is 1. The molecule has 1 aliphatic heterocycles. The Balaban J connectivity index is 1.97. The van der Waals surface area contributed by atoms with E-state index in [1.54, 1.807) is 4.90 Å². The first kappa shape index (κ1) is 19.5. The van der Waals surface area contributed by atoms with Crippen molar-refractivity contribution in [1.82, 2.24) is 0 Å². The fourth-order valence-electron chi connectivity index (χ4n) is 3.19. The summed E-state index contributed by atoms with van der Waals surface area (Å²) in [5, 5.41) is 4.94. The maximum absolute atomic E-state index is 13.3. The highest BCUT2D eigenvalue weighted by Gasteiger charge is 2.37. The van der Waals surface area contributed by atoms with E-state index in [0.29, 0.717) is 37.6 Å². The van der Waals surface area contributed by atoms with Gasteiger partial charge in [-0.3, -0.25) is 0 Å². The summed E-state index contributed by atoms with van der Waals surface area (Å²) in [6.45, 7) is 3.32. The number of hydrogen-bond acceptors (Lipinski definition) is 4. The zero-order valence-electron chi connectivity index (χ0n) is 14.6. The Hall–Kier alpha value is -2.26. The van der Waals surface area contributed by atoms with Crippen molar-refractivity contribution < 1.29 is 26.3 Å². The van der Waals surface area contributed by atoms with Crippen molar-refractivity contribution in [3.05, 3.63) is 53.1 Å². The highest BCUT2D eigenvalue weighted by atomic mass is 32.2. The van der Waals surface area contributed by atoms with Gasteiger partial charge in [-0.05, 0) is 54.8 Å². The van der Waals surface area contributed by atoms with E-state index in [1.165, 1.54) is 6.07 Å². The third-order valence-electron chi connectivity index (χ3n) is 4.44. The quantitative estimate of drug-likeness (QED) is 0.855. The molecule has 9 heteroatoms. The van der Waals surface area contributed by atoms with Crippen LogP contribution in [-0.2, 0) is 29.2 Å². The van der Waals surface area contributed by atoms with Crippen molar-refractivity contribution in [2.45, 2.75) is 31.0 Å². The first-order valence-corrected chi connectivity index (χ1v) is 9.88. The number of halogens is 3. The molecule has 1 heterocycles. The van der Waals surface area contributed by atoms with Gasteiger partial charge in [0.05, 0.1) is 17.1 Å². The molecule has 0 fully saturated rings. The van der Waals surface area contributed by atoms with Crippen LogP contribution in [0.3, 0.4) is 0 Å². The molecule has 2 aromatic carbocycles. The summed E-state index contributed by atoms with van der Waals surface area (Å²) in [5.74, 6) is 0.707. The first-order valence-electron chi connectivity index (χ1n) is 8.33. The molecule has 0 aromatic heterocycles. The van der Waals surface area contributed by atoms with E-state index in [9.17, 15) is 21.6 Å². The number of nitrogens with zero attached hydrogens (tertiary/aromatic N) is 1. The Bertz CT molecular complexity index is 959. The van der Waals surface area contributed by atoms with Gasteiger partial charge in [0.25, 0.3) is 0 Å². The van der Waals surface area contributed by atoms with E-state index in [-0.39, 0.29) is 0 Å². The van der Waals surface area contributed by atoms with Crippen LogP contribution in [0.1, 0.15) is 23.6 Å². The largest absolute Gasteiger partial charge is 0.494 e. The number of anilines is 1.